The van der Waals surface area contributed by atoms with Crippen LogP contribution in [0.15, 0.2) is 42.5 Å². The molecule has 1 aliphatic heterocycles. The van der Waals surface area contributed by atoms with E-state index < -0.39 is 17.9 Å². The van der Waals surface area contributed by atoms with Crippen molar-refractivity contribution in [3.8, 4) is 5.75 Å². The van der Waals surface area contributed by atoms with Crippen molar-refractivity contribution in [3.63, 3.8) is 0 Å². The first-order valence-corrected chi connectivity index (χ1v) is 19.0. The van der Waals surface area contributed by atoms with Crippen LogP contribution < -0.4 is 21.1 Å². The van der Waals surface area contributed by atoms with Gasteiger partial charge in [-0.05, 0) is 68.8 Å². The highest BCUT2D eigenvalue weighted by molar-refractivity contribution is 7.18. The number of unbranched alkanes of at least 4 members (excludes halogenated alkanes) is 1. The summed E-state index contributed by atoms with van der Waals surface area (Å²) in [5.74, 6) is -0.964. The fraction of sp³-hybridized carbons (Fsp3) is 0.564. The van der Waals surface area contributed by atoms with Gasteiger partial charge in [0.1, 0.15) is 11.5 Å². The monoisotopic (exact) mass is 688 g/mol. The standard InChI is InChI=1S/C39H52N4O5S/c1-3-29(44)22-28(24-36-41-32-17-16-25(2)21-35(32)49-36)39(47)43-37(26-11-5-4-6-12-26)33(45)23-27(13-9-10-19-40)38(46)42-31-18-20-48-34-15-8-7-14-30(31)34/h7-8,14-17,21,26-28,31,37H,3-6,9-13,18-20,22-24,40H2,1-2H3,(H,42,46)(H,43,47)/t27-,28+,31-,37+/m1/s1. The number of para-hydroxylation sites is 1. The Balaban J connectivity index is 1.34. The third kappa shape index (κ3) is 9.97. The summed E-state index contributed by atoms with van der Waals surface area (Å²) < 4.78 is 6.85. The molecule has 0 radical (unpaired) electrons. The minimum absolute atomic E-state index is 0.00368. The quantitative estimate of drug-likeness (QED) is 0.137. The van der Waals surface area contributed by atoms with E-state index in [0.29, 0.717) is 38.8 Å². The molecule has 2 aliphatic rings. The summed E-state index contributed by atoms with van der Waals surface area (Å²) in [7, 11) is 0. The number of fused-ring (bicyclic) bond motifs is 2. The Morgan fingerprint density at radius 1 is 0.980 bits per heavy atom. The number of carbonyl (C=O) groups excluding carboxylic acids is 4. The van der Waals surface area contributed by atoms with Crippen LogP contribution in [-0.4, -0.2) is 47.6 Å². The highest BCUT2D eigenvalue weighted by Gasteiger charge is 2.36. The summed E-state index contributed by atoms with van der Waals surface area (Å²) in [5.41, 5.74) is 8.76. The van der Waals surface area contributed by atoms with Gasteiger partial charge in [-0.15, -0.1) is 11.3 Å². The van der Waals surface area contributed by atoms with E-state index in [9.17, 15) is 19.2 Å². The number of ketones is 2. The fourth-order valence-electron chi connectivity index (χ4n) is 7.27. The number of carbonyl (C=O) groups is 4. The molecule has 0 bridgehead atoms. The van der Waals surface area contributed by atoms with Crippen LogP contribution in [0.3, 0.4) is 0 Å². The molecule has 9 nitrogen and oxygen atoms in total. The lowest BCUT2D eigenvalue weighted by Gasteiger charge is -2.32. The van der Waals surface area contributed by atoms with Gasteiger partial charge in [0.05, 0.1) is 39.8 Å². The molecule has 4 atom stereocenters. The second-order valence-electron chi connectivity index (χ2n) is 13.8. The number of hydrogen-bond acceptors (Lipinski definition) is 8. The van der Waals surface area contributed by atoms with Gasteiger partial charge in [-0.1, -0.05) is 56.9 Å². The Morgan fingerprint density at radius 3 is 2.55 bits per heavy atom. The predicted molar refractivity (Wildman–Crippen MR) is 193 cm³/mol. The maximum Gasteiger partial charge on any atom is 0.224 e. The van der Waals surface area contributed by atoms with Crippen LogP contribution in [0.2, 0.25) is 0 Å². The minimum Gasteiger partial charge on any atom is -0.493 e. The SMILES string of the molecule is CCC(=O)C[C@@H](Cc1nc2ccc(C)cc2s1)C(=O)N[C@H](C(=O)C[C@@H](CCCCN)C(=O)N[C@@H]1CCOc2ccccc21)C1CCCCC1. The molecular formula is C39H52N4O5S. The Kier molecular flexibility index (Phi) is 13.4. The lowest BCUT2D eigenvalue weighted by atomic mass is 9.79. The average Bonchev–Trinajstić information content (AvgIpc) is 3.51. The smallest absolute Gasteiger partial charge is 0.224 e. The lowest BCUT2D eigenvalue weighted by molar-refractivity contribution is -0.135. The highest BCUT2D eigenvalue weighted by atomic mass is 32.1. The molecule has 5 rings (SSSR count). The summed E-state index contributed by atoms with van der Waals surface area (Å²) >= 11 is 1.55. The number of nitrogens with zero attached hydrogens (tertiary/aromatic N) is 1. The number of thiazole rings is 1. The number of nitrogens with two attached hydrogens (primary N) is 1. The van der Waals surface area contributed by atoms with Crippen LogP contribution in [0.5, 0.6) is 5.75 Å². The third-order valence-electron chi connectivity index (χ3n) is 10.1. The van der Waals surface area contributed by atoms with Gasteiger partial charge in [-0.2, -0.15) is 0 Å². The van der Waals surface area contributed by atoms with Gasteiger partial charge in [-0.3, -0.25) is 19.2 Å². The van der Waals surface area contributed by atoms with E-state index in [1.54, 1.807) is 18.3 Å². The van der Waals surface area contributed by atoms with Gasteiger partial charge in [0.15, 0.2) is 5.78 Å². The van der Waals surface area contributed by atoms with E-state index in [-0.39, 0.29) is 48.2 Å². The second kappa shape index (κ2) is 17.9. The van der Waals surface area contributed by atoms with E-state index in [1.165, 1.54) is 0 Å². The number of amides is 2. The first-order chi connectivity index (χ1) is 23.7. The number of rotatable bonds is 17. The van der Waals surface area contributed by atoms with Crippen molar-refractivity contribution in [3.05, 3.63) is 58.6 Å². The van der Waals surface area contributed by atoms with E-state index >= 15 is 0 Å². The maximum atomic E-state index is 14.3. The van der Waals surface area contributed by atoms with Gasteiger partial charge in [0.2, 0.25) is 11.8 Å². The molecule has 1 aliphatic carbocycles. The normalized spacial score (nSPS) is 18.1. The van der Waals surface area contributed by atoms with E-state index in [0.717, 1.165) is 77.0 Å². The van der Waals surface area contributed by atoms with Crippen molar-refractivity contribution >= 4 is 44.9 Å². The number of Topliss-reactive ketones (excluding diaryl/α,β-unsaturated/α-hetero) is 2. The molecule has 1 fully saturated rings. The number of hydrogen-bond donors (Lipinski definition) is 3. The Bertz CT molecular complexity index is 1600. The molecular weight excluding hydrogens is 637 g/mol. The maximum absolute atomic E-state index is 14.3. The second-order valence-corrected chi connectivity index (χ2v) is 15.0. The summed E-state index contributed by atoms with van der Waals surface area (Å²) in [6.45, 7) is 4.87. The van der Waals surface area contributed by atoms with Crippen molar-refractivity contribution in [1.29, 1.82) is 0 Å². The van der Waals surface area contributed by atoms with Gasteiger partial charge >= 0.3 is 0 Å². The molecule has 10 heteroatoms. The average molecular weight is 689 g/mol. The number of aromatic nitrogens is 1. The molecule has 264 valence electrons. The van der Waals surface area contributed by atoms with E-state index in [2.05, 4.69) is 16.7 Å². The van der Waals surface area contributed by atoms with Crippen molar-refractivity contribution in [1.82, 2.24) is 15.6 Å². The molecule has 49 heavy (non-hydrogen) atoms. The number of ether oxygens (including phenoxy) is 1. The van der Waals surface area contributed by atoms with Crippen molar-refractivity contribution in [2.24, 2.45) is 23.5 Å². The molecule has 1 saturated carbocycles. The molecule has 2 heterocycles. The van der Waals surface area contributed by atoms with Gasteiger partial charge in [-0.25, -0.2) is 4.98 Å². The summed E-state index contributed by atoms with van der Waals surface area (Å²) in [4.78, 5) is 59.8. The lowest BCUT2D eigenvalue weighted by Crippen LogP contribution is -2.50. The Hall–Kier alpha value is -3.63. The van der Waals surface area contributed by atoms with Crippen molar-refractivity contribution < 1.29 is 23.9 Å². The molecule has 0 saturated heterocycles. The van der Waals surface area contributed by atoms with Crippen LogP contribution in [0.25, 0.3) is 10.2 Å². The molecule has 2 aromatic carbocycles. The third-order valence-corrected chi connectivity index (χ3v) is 11.2. The molecule has 3 aromatic rings. The molecule has 0 spiro atoms. The minimum atomic E-state index is -0.710. The summed E-state index contributed by atoms with van der Waals surface area (Å²) in [5, 5.41) is 7.18. The van der Waals surface area contributed by atoms with Gasteiger partial charge in [0.25, 0.3) is 0 Å². The summed E-state index contributed by atoms with van der Waals surface area (Å²) in [6.07, 6.45) is 8.27. The number of benzene rings is 2. The Labute approximate surface area is 294 Å². The van der Waals surface area contributed by atoms with E-state index in [4.69, 9.17) is 15.5 Å². The molecule has 1 aromatic heterocycles. The first-order valence-electron chi connectivity index (χ1n) is 18.2. The van der Waals surface area contributed by atoms with Crippen LogP contribution in [0.1, 0.15) is 106 Å². The number of aryl methyl sites for hydroxylation is 1. The van der Waals surface area contributed by atoms with Crippen molar-refractivity contribution in [2.45, 2.75) is 109 Å². The predicted octanol–water partition coefficient (Wildman–Crippen LogP) is 6.54. The largest absolute Gasteiger partial charge is 0.493 e. The van der Waals surface area contributed by atoms with Crippen LogP contribution in [-0.2, 0) is 25.6 Å². The molecule has 2 amide bonds. The van der Waals surface area contributed by atoms with Crippen molar-refractivity contribution in [2.75, 3.05) is 13.2 Å². The molecule has 0 unspecified atom stereocenters. The van der Waals surface area contributed by atoms with Gasteiger partial charge < -0.3 is 21.1 Å². The van der Waals surface area contributed by atoms with Gasteiger partial charge in [0, 0.05) is 43.6 Å². The summed E-state index contributed by atoms with van der Waals surface area (Å²) in [6, 6.07) is 12.9. The zero-order valence-corrected chi connectivity index (χ0v) is 29.8. The van der Waals surface area contributed by atoms with Crippen LogP contribution >= 0.6 is 11.3 Å². The zero-order valence-electron chi connectivity index (χ0n) is 29.0. The van der Waals surface area contributed by atoms with Crippen LogP contribution in [0.4, 0.5) is 0 Å². The molecule has 4 N–H and O–H groups in total. The number of nitrogens with one attached hydrogen (secondary N) is 2. The zero-order chi connectivity index (χ0) is 34.8. The highest BCUT2D eigenvalue weighted by Crippen LogP contribution is 2.33. The Morgan fingerprint density at radius 2 is 1.78 bits per heavy atom. The first kappa shape index (κ1) is 36.6. The topological polar surface area (TPSA) is 140 Å². The van der Waals surface area contributed by atoms with Crippen LogP contribution in [0, 0.1) is 24.7 Å². The fourth-order valence-corrected chi connectivity index (χ4v) is 8.41. The van der Waals surface area contributed by atoms with E-state index in [1.807, 2.05) is 43.3 Å².